The second-order valence-corrected chi connectivity index (χ2v) is 6.27. The van der Waals surface area contributed by atoms with Crippen molar-refractivity contribution in [1.82, 2.24) is 10.2 Å². The molecule has 28 heavy (non-hydrogen) atoms. The van der Waals surface area contributed by atoms with Crippen molar-refractivity contribution in [3.8, 4) is 0 Å². The van der Waals surface area contributed by atoms with Crippen molar-refractivity contribution in [3.05, 3.63) is 76.4 Å². The highest BCUT2D eigenvalue weighted by molar-refractivity contribution is 6.31. The van der Waals surface area contributed by atoms with Crippen molar-refractivity contribution in [2.45, 2.75) is 6.92 Å². The van der Waals surface area contributed by atoms with E-state index < -0.39 is 11.9 Å². The first-order valence-electron chi connectivity index (χ1n) is 8.33. The predicted molar refractivity (Wildman–Crippen MR) is 107 cm³/mol. The van der Waals surface area contributed by atoms with Crippen molar-refractivity contribution in [3.63, 3.8) is 0 Å². The molecule has 0 aliphatic carbocycles. The third-order valence-electron chi connectivity index (χ3n) is 3.97. The molecular formula is C20H17ClN4O3. The molecular weight excluding hydrogens is 380 g/mol. The first-order chi connectivity index (χ1) is 13.5. The molecule has 0 spiro atoms. The molecule has 7 nitrogen and oxygen atoms in total. The quantitative estimate of drug-likeness (QED) is 0.627. The standard InChI is InChI=1S/C20H17ClN4O3/c1-12-15(21)7-4-8-16(12)23-19(26)17-9-10-18(25-24-17)22-14-6-3-5-13(11-14)20(27)28-2/h3-11H,1-2H3,(H,22,25)(H,23,26). The van der Waals surface area contributed by atoms with E-state index in [0.717, 1.165) is 5.56 Å². The molecule has 0 bridgehead atoms. The number of carbonyl (C=O) groups is 2. The monoisotopic (exact) mass is 396 g/mol. The predicted octanol–water partition coefficient (Wildman–Crippen LogP) is 4.22. The Hall–Kier alpha value is -3.45. The lowest BCUT2D eigenvalue weighted by atomic mass is 10.2. The third kappa shape index (κ3) is 4.44. The number of esters is 1. The van der Waals surface area contributed by atoms with Gasteiger partial charge in [-0.05, 0) is 55.0 Å². The summed E-state index contributed by atoms with van der Waals surface area (Å²) in [5.41, 5.74) is 2.60. The first-order valence-corrected chi connectivity index (χ1v) is 8.71. The van der Waals surface area contributed by atoms with Gasteiger partial charge >= 0.3 is 5.97 Å². The largest absolute Gasteiger partial charge is 0.465 e. The number of hydrogen-bond donors (Lipinski definition) is 2. The van der Waals surface area contributed by atoms with Gasteiger partial charge in [-0.25, -0.2) is 4.79 Å². The number of nitrogens with one attached hydrogen (secondary N) is 2. The van der Waals surface area contributed by atoms with Crippen molar-refractivity contribution in [2.24, 2.45) is 0 Å². The van der Waals surface area contributed by atoms with Crippen LogP contribution in [0.5, 0.6) is 0 Å². The average molecular weight is 397 g/mol. The number of methoxy groups -OCH3 is 1. The zero-order valence-electron chi connectivity index (χ0n) is 15.2. The lowest BCUT2D eigenvalue weighted by molar-refractivity contribution is 0.0600. The summed E-state index contributed by atoms with van der Waals surface area (Å²) in [6, 6.07) is 15.2. The maximum atomic E-state index is 12.4. The number of rotatable bonds is 5. The number of hydrogen-bond acceptors (Lipinski definition) is 6. The fraction of sp³-hybridized carbons (Fsp3) is 0.100. The summed E-state index contributed by atoms with van der Waals surface area (Å²) in [6.07, 6.45) is 0. The lowest BCUT2D eigenvalue weighted by Gasteiger charge is -2.09. The molecule has 142 valence electrons. The number of carbonyl (C=O) groups excluding carboxylic acids is 2. The van der Waals surface area contributed by atoms with E-state index in [4.69, 9.17) is 16.3 Å². The van der Waals surface area contributed by atoms with E-state index >= 15 is 0 Å². The van der Waals surface area contributed by atoms with Crippen LogP contribution in [-0.2, 0) is 4.74 Å². The van der Waals surface area contributed by atoms with E-state index in [2.05, 4.69) is 20.8 Å². The van der Waals surface area contributed by atoms with Crippen LogP contribution >= 0.6 is 11.6 Å². The van der Waals surface area contributed by atoms with Crippen LogP contribution in [0.2, 0.25) is 5.02 Å². The topological polar surface area (TPSA) is 93.2 Å². The van der Waals surface area contributed by atoms with Crippen LogP contribution in [-0.4, -0.2) is 29.2 Å². The van der Waals surface area contributed by atoms with Crippen LogP contribution in [0, 0.1) is 6.92 Å². The maximum Gasteiger partial charge on any atom is 0.337 e. The molecule has 0 atom stereocenters. The van der Waals surface area contributed by atoms with Crippen LogP contribution in [0.25, 0.3) is 0 Å². The molecule has 3 aromatic rings. The smallest absolute Gasteiger partial charge is 0.337 e. The summed E-state index contributed by atoms with van der Waals surface area (Å²) in [5.74, 6) is -0.396. The second-order valence-electron chi connectivity index (χ2n) is 5.87. The maximum absolute atomic E-state index is 12.4. The number of benzene rings is 2. The van der Waals surface area contributed by atoms with Crippen LogP contribution < -0.4 is 10.6 Å². The van der Waals surface area contributed by atoms with Gasteiger partial charge in [0.25, 0.3) is 5.91 Å². The van der Waals surface area contributed by atoms with Crippen molar-refractivity contribution >= 4 is 40.7 Å². The van der Waals surface area contributed by atoms with Crippen LogP contribution in [0.1, 0.15) is 26.4 Å². The van der Waals surface area contributed by atoms with Gasteiger partial charge in [0.15, 0.2) is 11.5 Å². The van der Waals surface area contributed by atoms with E-state index in [1.54, 1.807) is 54.6 Å². The first kappa shape index (κ1) is 19.3. The fourth-order valence-electron chi connectivity index (χ4n) is 2.44. The van der Waals surface area contributed by atoms with Gasteiger partial charge in [0.05, 0.1) is 12.7 Å². The average Bonchev–Trinajstić information content (AvgIpc) is 2.71. The molecule has 0 fully saturated rings. The Bertz CT molecular complexity index is 1020. The Labute approximate surface area is 166 Å². The van der Waals surface area contributed by atoms with Gasteiger partial charge in [-0.3, -0.25) is 4.79 Å². The minimum atomic E-state index is -0.432. The Balaban J connectivity index is 1.70. The molecule has 2 N–H and O–H groups in total. The summed E-state index contributed by atoms with van der Waals surface area (Å²) in [5, 5.41) is 14.3. The molecule has 8 heteroatoms. The van der Waals surface area contributed by atoms with Crippen molar-refractivity contribution in [1.29, 1.82) is 0 Å². The summed E-state index contributed by atoms with van der Waals surface area (Å²) in [6.45, 7) is 1.82. The summed E-state index contributed by atoms with van der Waals surface area (Å²) in [7, 11) is 1.32. The van der Waals surface area contributed by atoms with E-state index in [1.165, 1.54) is 7.11 Å². The lowest BCUT2D eigenvalue weighted by Crippen LogP contribution is -2.15. The van der Waals surface area contributed by atoms with Gasteiger partial charge in [0, 0.05) is 16.4 Å². The number of amides is 1. The van der Waals surface area contributed by atoms with E-state index in [0.29, 0.717) is 27.8 Å². The van der Waals surface area contributed by atoms with Crippen LogP contribution in [0.15, 0.2) is 54.6 Å². The van der Waals surface area contributed by atoms with Gasteiger partial charge in [-0.1, -0.05) is 23.7 Å². The Kier molecular flexibility index (Phi) is 5.86. The van der Waals surface area contributed by atoms with E-state index in [1.807, 2.05) is 6.92 Å². The number of nitrogens with zero attached hydrogens (tertiary/aromatic N) is 2. The minimum absolute atomic E-state index is 0.160. The molecule has 1 heterocycles. The molecule has 2 aromatic carbocycles. The van der Waals surface area contributed by atoms with E-state index in [-0.39, 0.29) is 5.69 Å². The molecule has 0 saturated heterocycles. The van der Waals surface area contributed by atoms with Crippen LogP contribution in [0.4, 0.5) is 17.2 Å². The molecule has 3 rings (SSSR count). The van der Waals surface area contributed by atoms with E-state index in [9.17, 15) is 9.59 Å². The highest BCUT2D eigenvalue weighted by Crippen LogP contribution is 2.23. The highest BCUT2D eigenvalue weighted by Gasteiger charge is 2.12. The van der Waals surface area contributed by atoms with Gasteiger partial charge in [0.1, 0.15) is 0 Å². The molecule has 0 aliphatic heterocycles. The van der Waals surface area contributed by atoms with Gasteiger partial charge in [0.2, 0.25) is 0 Å². The van der Waals surface area contributed by atoms with Crippen LogP contribution in [0.3, 0.4) is 0 Å². The molecule has 0 aliphatic rings. The summed E-state index contributed by atoms with van der Waals surface area (Å²) >= 11 is 6.06. The Morgan fingerprint density at radius 3 is 2.54 bits per heavy atom. The number of aromatic nitrogens is 2. The zero-order chi connectivity index (χ0) is 20.1. The summed E-state index contributed by atoms with van der Waals surface area (Å²) < 4.78 is 4.70. The molecule has 1 aromatic heterocycles. The SMILES string of the molecule is COC(=O)c1cccc(Nc2ccc(C(=O)Nc3cccc(Cl)c3C)nn2)c1. The fourth-order valence-corrected chi connectivity index (χ4v) is 2.61. The number of halogens is 1. The van der Waals surface area contributed by atoms with Gasteiger partial charge in [-0.15, -0.1) is 10.2 Å². The molecule has 0 unspecified atom stereocenters. The zero-order valence-corrected chi connectivity index (χ0v) is 15.9. The normalized spacial score (nSPS) is 10.2. The Morgan fingerprint density at radius 2 is 1.82 bits per heavy atom. The molecule has 0 saturated carbocycles. The van der Waals surface area contributed by atoms with Gasteiger partial charge < -0.3 is 15.4 Å². The molecule has 0 radical (unpaired) electrons. The Morgan fingerprint density at radius 1 is 1.04 bits per heavy atom. The van der Waals surface area contributed by atoms with Crippen molar-refractivity contribution < 1.29 is 14.3 Å². The van der Waals surface area contributed by atoms with Crippen molar-refractivity contribution in [2.75, 3.05) is 17.7 Å². The second kappa shape index (κ2) is 8.49. The number of ether oxygens (including phenoxy) is 1. The minimum Gasteiger partial charge on any atom is -0.465 e. The van der Waals surface area contributed by atoms with Gasteiger partial charge in [-0.2, -0.15) is 0 Å². The third-order valence-corrected chi connectivity index (χ3v) is 4.38. The highest BCUT2D eigenvalue weighted by atomic mass is 35.5. The molecule has 1 amide bonds. The summed E-state index contributed by atoms with van der Waals surface area (Å²) in [4.78, 5) is 24.0. The number of anilines is 3.